The minimum atomic E-state index is -0.231. The van der Waals surface area contributed by atoms with E-state index in [2.05, 4.69) is 158 Å². The van der Waals surface area contributed by atoms with Crippen molar-refractivity contribution in [3.05, 3.63) is 142 Å². The third-order valence-electron chi connectivity index (χ3n) is 12.1. The largest absolute Gasteiger partial charge is 0.493 e. The topological polar surface area (TPSA) is 68.5 Å². The second kappa shape index (κ2) is 20.3. The second-order valence-electron chi connectivity index (χ2n) is 22.7. The molecule has 6 aromatic rings. The highest BCUT2D eigenvalue weighted by atomic mass is 19.1. The zero-order valence-corrected chi connectivity index (χ0v) is 42.9. The van der Waals surface area contributed by atoms with E-state index in [1.54, 1.807) is 6.26 Å². The van der Waals surface area contributed by atoms with Crippen LogP contribution in [0.25, 0.3) is 11.0 Å². The summed E-state index contributed by atoms with van der Waals surface area (Å²) in [6, 6.07) is 30.6. The van der Waals surface area contributed by atoms with E-state index in [-0.39, 0.29) is 32.9 Å². The fourth-order valence-corrected chi connectivity index (χ4v) is 8.04. The van der Waals surface area contributed by atoms with Crippen molar-refractivity contribution >= 4 is 11.0 Å². The summed E-state index contributed by atoms with van der Waals surface area (Å²) in [5.41, 5.74) is 10.5. The fourth-order valence-electron chi connectivity index (χ4n) is 8.04. The molecule has 0 unspecified atom stereocenters. The van der Waals surface area contributed by atoms with Crippen LogP contribution in [0.3, 0.4) is 0 Å². The Kier molecular flexibility index (Phi) is 15.4. The van der Waals surface area contributed by atoms with Crippen LogP contribution in [0.15, 0.2) is 102 Å². The summed E-state index contributed by atoms with van der Waals surface area (Å²) in [6.45, 7) is 35.9. The van der Waals surface area contributed by atoms with Gasteiger partial charge in [-0.15, -0.1) is 0 Å². The normalized spacial score (nSPS) is 14.6. The highest BCUT2D eigenvalue weighted by Gasteiger charge is 2.27. The van der Waals surface area contributed by atoms with E-state index in [9.17, 15) is 4.39 Å². The lowest BCUT2D eigenvalue weighted by Gasteiger charge is -2.27. The van der Waals surface area contributed by atoms with Gasteiger partial charge < -0.3 is 32.8 Å². The maximum absolute atomic E-state index is 13.3. The van der Waals surface area contributed by atoms with Crippen molar-refractivity contribution in [3.8, 4) is 34.5 Å². The molecule has 0 fully saturated rings. The summed E-state index contributed by atoms with van der Waals surface area (Å²) in [5, 5.41) is 1.17. The van der Waals surface area contributed by atoms with E-state index in [1.807, 2.05) is 30.3 Å². The summed E-state index contributed by atoms with van der Waals surface area (Å²) in [5.74, 6) is 4.85. The maximum Gasteiger partial charge on any atom is 0.231 e. The first-order valence-electron chi connectivity index (χ1n) is 23.8. The van der Waals surface area contributed by atoms with Gasteiger partial charge in [-0.1, -0.05) is 152 Å². The van der Waals surface area contributed by atoms with Crippen molar-refractivity contribution in [3.63, 3.8) is 0 Å². The van der Waals surface area contributed by atoms with Gasteiger partial charge in [0.15, 0.2) is 34.6 Å². The molecular weight excluding hydrogens is 840 g/mol. The van der Waals surface area contributed by atoms with Crippen molar-refractivity contribution in [2.75, 3.05) is 33.2 Å². The van der Waals surface area contributed by atoms with Gasteiger partial charge in [-0.05, 0) is 97.4 Å². The van der Waals surface area contributed by atoms with Crippen LogP contribution in [0, 0.1) is 5.82 Å². The van der Waals surface area contributed by atoms with Crippen molar-refractivity contribution in [1.29, 1.82) is 0 Å². The van der Waals surface area contributed by atoms with E-state index in [1.165, 1.54) is 44.8 Å². The van der Waals surface area contributed by atoms with Crippen molar-refractivity contribution < 1.29 is 37.2 Å². The molecule has 0 atom stereocenters. The third kappa shape index (κ3) is 13.1. The number of benzene rings is 5. The van der Waals surface area contributed by atoms with Crippen LogP contribution in [-0.2, 0) is 39.9 Å². The molecule has 10 rings (SSSR count). The molecule has 0 N–H and O–H groups in total. The van der Waals surface area contributed by atoms with Crippen LogP contribution >= 0.6 is 0 Å². The number of hydrogen-bond donors (Lipinski definition) is 0. The Morgan fingerprint density at radius 3 is 1.66 bits per heavy atom. The van der Waals surface area contributed by atoms with Gasteiger partial charge in [0, 0.05) is 29.4 Å². The molecule has 5 heterocycles. The number of rotatable bonds is 0. The fraction of sp³-hybridized carbons (Fsp3) is 0.458. The number of hydrogen-bond acceptors (Lipinski definition) is 7. The summed E-state index contributed by atoms with van der Waals surface area (Å²) in [7, 11) is 0. The van der Waals surface area contributed by atoms with Crippen molar-refractivity contribution in [2.45, 2.75) is 144 Å². The summed E-state index contributed by atoms with van der Waals surface area (Å²) >= 11 is 0. The van der Waals surface area contributed by atoms with Gasteiger partial charge in [0.25, 0.3) is 0 Å². The summed E-state index contributed by atoms with van der Waals surface area (Å²) in [6.07, 6.45) is 3.64. The molecule has 67 heavy (non-hydrogen) atoms. The number of furan rings is 1. The monoisotopic (exact) mass is 915 g/mol. The first-order valence-corrected chi connectivity index (χ1v) is 23.8. The Morgan fingerprint density at radius 1 is 0.418 bits per heavy atom. The molecule has 5 aromatic carbocycles. The lowest BCUT2D eigenvalue weighted by Crippen LogP contribution is -2.20. The molecule has 0 amide bonds. The molecule has 0 aliphatic carbocycles. The Hall–Kier alpha value is -5.63. The molecule has 4 aliphatic heterocycles. The smallest absolute Gasteiger partial charge is 0.231 e. The van der Waals surface area contributed by atoms with Gasteiger partial charge >= 0.3 is 0 Å². The predicted octanol–water partition coefficient (Wildman–Crippen LogP) is 15.2. The molecule has 4 aliphatic rings. The van der Waals surface area contributed by atoms with Gasteiger partial charge in [0.2, 0.25) is 6.79 Å². The van der Waals surface area contributed by atoms with Crippen LogP contribution in [0.4, 0.5) is 4.39 Å². The molecule has 0 saturated heterocycles. The molecule has 360 valence electrons. The summed E-state index contributed by atoms with van der Waals surface area (Å²) in [4.78, 5) is 0. The minimum absolute atomic E-state index is 0.0610. The van der Waals surface area contributed by atoms with Gasteiger partial charge in [-0.3, -0.25) is 0 Å². The van der Waals surface area contributed by atoms with Crippen molar-refractivity contribution in [2.24, 2.45) is 0 Å². The molecule has 0 saturated carbocycles. The molecule has 0 radical (unpaired) electrons. The molecule has 7 nitrogen and oxygen atoms in total. The van der Waals surface area contributed by atoms with Gasteiger partial charge in [-0.2, -0.15) is 0 Å². The first kappa shape index (κ1) is 50.8. The van der Waals surface area contributed by atoms with E-state index in [0.717, 1.165) is 59.3 Å². The zero-order chi connectivity index (χ0) is 49.0. The molecule has 0 spiro atoms. The maximum atomic E-state index is 13.3. The number of ether oxygens (including phenoxy) is 6. The second-order valence-corrected chi connectivity index (χ2v) is 22.7. The van der Waals surface area contributed by atoms with Crippen LogP contribution in [0.1, 0.15) is 143 Å². The Balaban J connectivity index is 0.000000138. The van der Waals surface area contributed by atoms with E-state index < -0.39 is 0 Å². The van der Waals surface area contributed by atoms with Crippen LogP contribution < -0.4 is 28.4 Å². The number of fused-ring (bicyclic) bond motifs is 5. The Bertz CT molecular complexity index is 2540. The van der Waals surface area contributed by atoms with E-state index >= 15 is 0 Å². The van der Waals surface area contributed by atoms with Crippen molar-refractivity contribution in [1.82, 2.24) is 0 Å². The SMILES string of the molecule is CC(C)(C)c1ccc(F)c2c1CCO2.CC(C)(C)c1ccc2c(c1)OCC2.CC(C)(C)c1ccc2c(c1)OCO2.CC(C)(C)c1ccc2ccoc2c1.CC(C)(C)c1cccc2c1OCCO2. The summed E-state index contributed by atoms with van der Waals surface area (Å²) < 4.78 is 51.3. The average Bonchev–Trinajstić information content (AvgIpc) is 4.10. The molecular formula is C59H75FO7. The highest BCUT2D eigenvalue weighted by Crippen LogP contribution is 2.41. The average molecular weight is 915 g/mol. The van der Waals surface area contributed by atoms with E-state index in [0.29, 0.717) is 32.4 Å². The highest BCUT2D eigenvalue weighted by molar-refractivity contribution is 5.77. The molecule has 8 heteroatoms. The zero-order valence-electron chi connectivity index (χ0n) is 42.9. The van der Waals surface area contributed by atoms with E-state index in [4.69, 9.17) is 32.8 Å². The Morgan fingerprint density at radius 2 is 0.985 bits per heavy atom. The third-order valence-corrected chi connectivity index (χ3v) is 12.1. The number of para-hydroxylation sites is 1. The molecule has 0 bridgehead atoms. The quantitative estimate of drug-likeness (QED) is 0.150. The van der Waals surface area contributed by atoms with Crippen LogP contribution in [0.5, 0.6) is 34.5 Å². The van der Waals surface area contributed by atoms with Crippen LogP contribution in [-0.4, -0.2) is 33.2 Å². The van der Waals surface area contributed by atoms with Gasteiger partial charge in [-0.25, -0.2) is 4.39 Å². The minimum Gasteiger partial charge on any atom is -0.493 e. The Labute approximate surface area is 400 Å². The molecule has 1 aromatic heterocycles. The first-order chi connectivity index (χ1) is 31.3. The van der Waals surface area contributed by atoms with Gasteiger partial charge in [0.1, 0.15) is 24.5 Å². The lowest BCUT2D eigenvalue weighted by atomic mass is 9.83. The van der Waals surface area contributed by atoms with Gasteiger partial charge in [0.05, 0.1) is 19.5 Å². The predicted molar refractivity (Wildman–Crippen MR) is 271 cm³/mol. The number of halogens is 1. The lowest BCUT2D eigenvalue weighted by molar-refractivity contribution is 0.168. The standard InChI is InChI=1S/C12H15FO.C12H16O2.C12H16O.C12H14O.C11H14O2/c1-12(2,3)9-4-5-10(13)11-8(9)6-7-14-11;1-12(2,3)9-5-4-6-10-11(9)14-8-7-13-10;2*1-12(2,3)10-5-4-9-6-7-13-11(9)8-10;1-11(2,3)8-4-5-9-10(6-8)13-7-12-9/h4-5H,6-7H2,1-3H3;4-6H,7-8H2,1-3H3;4-5,8H,6-7H2,1-3H3;4-8H,1-3H3;4-6H,7H2,1-3H3. The van der Waals surface area contributed by atoms with Crippen LogP contribution in [0.2, 0.25) is 0 Å².